The monoisotopic (exact) mass is 199 g/mol. The van der Waals surface area contributed by atoms with E-state index in [2.05, 4.69) is 19.2 Å². The number of carbonyl (C=O) groups excluding carboxylic acids is 1. The number of likely N-dealkylation sites (N-methyl/N-ethyl adjacent to an activating group) is 1. The summed E-state index contributed by atoms with van der Waals surface area (Å²) < 4.78 is 0. The fraction of sp³-hybridized carbons (Fsp3) is 0.917. The van der Waals surface area contributed by atoms with Crippen LogP contribution in [0.5, 0.6) is 0 Å². The Kier molecular flexibility index (Phi) is 5.35. The first-order valence-corrected chi connectivity index (χ1v) is 5.56. The number of carbonyl (C=O) groups is 1. The van der Waals surface area contributed by atoms with Gasteiger partial charge in [0.1, 0.15) is 0 Å². The second kappa shape index (κ2) is 5.50. The maximum Gasteiger partial charge on any atom is 0.155 e. The van der Waals surface area contributed by atoms with Crippen molar-refractivity contribution in [1.29, 1.82) is 0 Å². The van der Waals surface area contributed by atoms with Crippen molar-refractivity contribution in [3.63, 3.8) is 0 Å². The van der Waals surface area contributed by atoms with Gasteiger partial charge >= 0.3 is 0 Å². The van der Waals surface area contributed by atoms with Gasteiger partial charge < -0.3 is 5.32 Å². The summed E-state index contributed by atoms with van der Waals surface area (Å²) >= 11 is 0. The zero-order chi connectivity index (χ0) is 11.4. The van der Waals surface area contributed by atoms with Crippen molar-refractivity contribution in [2.45, 2.75) is 54.0 Å². The molecule has 0 aliphatic rings. The van der Waals surface area contributed by atoms with Crippen LogP contribution in [0.2, 0.25) is 0 Å². The Bertz CT molecular complexity index is 179. The van der Waals surface area contributed by atoms with Gasteiger partial charge in [0, 0.05) is 5.41 Å². The second-order valence-corrected chi connectivity index (χ2v) is 5.35. The van der Waals surface area contributed by atoms with E-state index in [0.717, 1.165) is 13.0 Å². The predicted molar refractivity (Wildman–Crippen MR) is 61.4 cm³/mol. The summed E-state index contributed by atoms with van der Waals surface area (Å²) in [5.74, 6) is 0.887. The summed E-state index contributed by atoms with van der Waals surface area (Å²) in [5.41, 5.74) is -0.234. The molecule has 0 aliphatic heterocycles. The molecule has 0 rings (SSSR count). The van der Waals surface area contributed by atoms with E-state index in [0.29, 0.717) is 11.7 Å². The fourth-order valence-corrected chi connectivity index (χ4v) is 1.52. The van der Waals surface area contributed by atoms with Crippen LogP contribution in [0.3, 0.4) is 0 Å². The van der Waals surface area contributed by atoms with E-state index in [1.54, 1.807) is 0 Å². The van der Waals surface area contributed by atoms with Gasteiger partial charge in [0.2, 0.25) is 0 Å². The van der Waals surface area contributed by atoms with Crippen molar-refractivity contribution in [3.8, 4) is 0 Å². The zero-order valence-electron chi connectivity index (χ0n) is 10.5. The molecule has 0 saturated heterocycles. The van der Waals surface area contributed by atoms with Gasteiger partial charge in [-0.05, 0) is 18.9 Å². The van der Waals surface area contributed by atoms with E-state index in [9.17, 15) is 4.79 Å². The predicted octanol–water partition coefficient (Wildman–Crippen LogP) is 2.63. The van der Waals surface area contributed by atoms with Crippen LogP contribution >= 0.6 is 0 Å². The lowest BCUT2D eigenvalue weighted by atomic mass is 9.83. The van der Waals surface area contributed by atoms with Crippen LogP contribution in [0.4, 0.5) is 0 Å². The first kappa shape index (κ1) is 13.6. The van der Waals surface area contributed by atoms with E-state index in [4.69, 9.17) is 0 Å². The molecule has 1 N–H and O–H groups in total. The third-order valence-electron chi connectivity index (χ3n) is 2.21. The molecule has 2 heteroatoms. The molecule has 0 aliphatic carbocycles. The van der Waals surface area contributed by atoms with Gasteiger partial charge in [0.15, 0.2) is 5.78 Å². The third-order valence-corrected chi connectivity index (χ3v) is 2.21. The van der Waals surface area contributed by atoms with Gasteiger partial charge in [-0.25, -0.2) is 0 Å². The van der Waals surface area contributed by atoms with Crippen molar-refractivity contribution in [3.05, 3.63) is 0 Å². The number of ketones is 1. The van der Waals surface area contributed by atoms with Crippen molar-refractivity contribution in [2.75, 3.05) is 6.54 Å². The average molecular weight is 199 g/mol. The molecule has 0 spiro atoms. The normalized spacial score (nSPS) is 14.5. The number of rotatable bonds is 5. The Labute approximate surface area is 88.5 Å². The van der Waals surface area contributed by atoms with Crippen molar-refractivity contribution in [1.82, 2.24) is 5.32 Å². The highest BCUT2D eigenvalue weighted by Crippen LogP contribution is 2.20. The molecule has 84 valence electrons. The molecular formula is C12H25NO. The Balaban J connectivity index is 4.41. The first-order chi connectivity index (χ1) is 6.29. The maximum absolute atomic E-state index is 12.0. The lowest BCUT2D eigenvalue weighted by molar-refractivity contribution is -0.128. The molecule has 0 radical (unpaired) electrons. The van der Waals surface area contributed by atoms with Crippen molar-refractivity contribution in [2.24, 2.45) is 11.3 Å². The van der Waals surface area contributed by atoms with Gasteiger partial charge in [-0.1, -0.05) is 41.5 Å². The van der Waals surface area contributed by atoms with Crippen molar-refractivity contribution < 1.29 is 4.79 Å². The maximum atomic E-state index is 12.0. The van der Waals surface area contributed by atoms with Crippen LogP contribution in [0, 0.1) is 11.3 Å². The molecule has 2 nitrogen and oxygen atoms in total. The van der Waals surface area contributed by atoms with Crippen LogP contribution in [0.1, 0.15) is 48.0 Å². The van der Waals surface area contributed by atoms with E-state index < -0.39 is 0 Å². The lowest BCUT2D eigenvalue weighted by Gasteiger charge is -2.26. The largest absolute Gasteiger partial charge is 0.308 e. The standard InChI is InChI=1S/C12H25NO/c1-7-13-10(8-9(2)3)11(14)12(4,5)6/h9-10,13H,7-8H2,1-6H3. The Morgan fingerprint density at radius 2 is 1.79 bits per heavy atom. The SMILES string of the molecule is CCNC(CC(C)C)C(=O)C(C)(C)C. The number of Topliss-reactive ketones (excluding diaryl/α,β-unsaturated/α-hetero) is 1. The summed E-state index contributed by atoms with van der Waals surface area (Å²) in [6.07, 6.45) is 0.934. The third kappa shape index (κ3) is 4.75. The van der Waals surface area contributed by atoms with Gasteiger partial charge in [-0.15, -0.1) is 0 Å². The summed E-state index contributed by atoms with van der Waals surface area (Å²) in [7, 11) is 0. The molecule has 0 heterocycles. The fourth-order valence-electron chi connectivity index (χ4n) is 1.52. The molecule has 0 fully saturated rings. The van der Waals surface area contributed by atoms with Crippen LogP contribution < -0.4 is 5.32 Å². The van der Waals surface area contributed by atoms with Gasteiger partial charge in [0.05, 0.1) is 6.04 Å². The van der Waals surface area contributed by atoms with Crippen LogP contribution in [-0.2, 0) is 4.79 Å². The molecule has 14 heavy (non-hydrogen) atoms. The van der Waals surface area contributed by atoms with Gasteiger partial charge in [-0.3, -0.25) is 4.79 Å². The minimum absolute atomic E-state index is 0.0278. The Hall–Kier alpha value is -0.370. The Morgan fingerprint density at radius 3 is 2.07 bits per heavy atom. The Morgan fingerprint density at radius 1 is 1.29 bits per heavy atom. The summed E-state index contributed by atoms with van der Waals surface area (Å²) in [6, 6.07) is 0.0278. The molecule has 1 unspecified atom stereocenters. The highest BCUT2D eigenvalue weighted by atomic mass is 16.1. The van der Waals surface area contributed by atoms with E-state index in [1.807, 2.05) is 27.7 Å². The lowest BCUT2D eigenvalue weighted by Crippen LogP contribution is -2.43. The average Bonchev–Trinajstić information content (AvgIpc) is 2.00. The summed E-state index contributed by atoms with van der Waals surface area (Å²) in [6.45, 7) is 13.2. The quantitative estimate of drug-likeness (QED) is 0.737. The van der Waals surface area contributed by atoms with Crippen LogP contribution in [0.25, 0.3) is 0 Å². The highest BCUT2D eigenvalue weighted by Gasteiger charge is 2.29. The number of hydrogen-bond acceptors (Lipinski definition) is 2. The molecule has 0 saturated carbocycles. The summed E-state index contributed by atoms with van der Waals surface area (Å²) in [4.78, 5) is 12.0. The molecule has 0 bridgehead atoms. The molecule has 0 amide bonds. The smallest absolute Gasteiger partial charge is 0.155 e. The van der Waals surface area contributed by atoms with Gasteiger partial charge in [-0.2, -0.15) is 0 Å². The highest BCUT2D eigenvalue weighted by molar-refractivity contribution is 5.88. The van der Waals surface area contributed by atoms with Crippen molar-refractivity contribution >= 4 is 5.78 Å². The minimum atomic E-state index is -0.234. The van der Waals surface area contributed by atoms with E-state index >= 15 is 0 Å². The van der Waals surface area contributed by atoms with Crippen LogP contribution in [-0.4, -0.2) is 18.4 Å². The van der Waals surface area contributed by atoms with E-state index in [1.165, 1.54) is 0 Å². The molecule has 0 aromatic carbocycles. The molecule has 0 aromatic heterocycles. The minimum Gasteiger partial charge on any atom is -0.308 e. The molecule has 1 atom stereocenters. The second-order valence-electron chi connectivity index (χ2n) is 5.35. The number of nitrogens with one attached hydrogen (secondary N) is 1. The number of hydrogen-bond donors (Lipinski definition) is 1. The molecule has 0 aromatic rings. The van der Waals surface area contributed by atoms with Crippen LogP contribution in [0.15, 0.2) is 0 Å². The summed E-state index contributed by atoms with van der Waals surface area (Å²) in [5, 5.41) is 3.27. The first-order valence-electron chi connectivity index (χ1n) is 5.56. The van der Waals surface area contributed by atoms with Gasteiger partial charge in [0.25, 0.3) is 0 Å². The zero-order valence-corrected chi connectivity index (χ0v) is 10.5. The molecular weight excluding hydrogens is 174 g/mol. The van der Waals surface area contributed by atoms with E-state index in [-0.39, 0.29) is 11.5 Å². The topological polar surface area (TPSA) is 29.1 Å².